The van der Waals surface area contributed by atoms with Gasteiger partial charge in [-0.1, -0.05) is 222 Å². The fourth-order valence-electron chi connectivity index (χ4n) is 9.50. The van der Waals surface area contributed by atoms with Crippen molar-refractivity contribution in [3.63, 3.8) is 0 Å². The summed E-state index contributed by atoms with van der Waals surface area (Å²) in [5.41, 5.74) is 0. The van der Waals surface area contributed by atoms with Crippen LogP contribution in [0.5, 0.6) is 0 Å². The molecule has 1 aliphatic rings. The van der Waals surface area contributed by atoms with Gasteiger partial charge >= 0.3 is 5.97 Å². The number of unbranched alkanes of at least 4 members (excludes halogenated alkanes) is 30. The minimum absolute atomic E-state index is 0.0106. The Kier molecular flexibility index (Phi) is 51.5. The average molecular weight is 1080 g/mol. The summed E-state index contributed by atoms with van der Waals surface area (Å²) in [4.78, 5) is 25.0. The Morgan fingerprint density at radius 2 is 0.922 bits per heavy atom. The van der Waals surface area contributed by atoms with E-state index in [0.29, 0.717) is 19.4 Å². The second kappa shape index (κ2) is 55.0. The van der Waals surface area contributed by atoms with Gasteiger partial charge < -0.3 is 45.1 Å². The molecule has 446 valence electrons. The third-order valence-corrected chi connectivity index (χ3v) is 14.5. The summed E-state index contributed by atoms with van der Waals surface area (Å²) < 4.78 is 16.7. The fourth-order valence-corrected chi connectivity index (χ4v) is 9.50. The third kappa shape index (κ3) is 44.5. The number of esters is 1. The molecule has 0 aliphatic carbocycles. The summed E-state index contributed by atoms with van der Waals surface area (Å²) in [6, 6.07) is -0.837. The Balaban J connectivity index is 2.01. The number of hydrogen-bond acceptors (Lipinski definition) is 10. The van der Waals surface area contributed by atoms with E-state index < -0.39 is 49.5 Å². The Morgan fingerprint density at radius 1 is 0.494 bits per heavy atom. The molecular weight excluding hydrogens is 967 g/mol. The SMILES string of the molecule is CC/C=C/CC/C=C/CC/C=C/C(O)C(COC1OC(CO)C(O)C(O)C1O)NC(=O)CCCCCCCCCCCCC/C=C\C/C=C\CCCCCCCCCCCOC(=O)CCCCCCC/C=C\CCCCC. The first kappa shape index (κ1) is 72.1. The number of carbonyl (C=O) groups is 2. The standard InChI is InChI=1S/C66H117NO10/c1-3-5-7-9-11-13-15-34-38-42-46-50-54-62(71)75-55-51-47-43-39-35-32-30-28-26-24-22-20-18-16-17-19-21-23-25-27-29-31-33-37-41-45-49-53-61(70)67-58(57-76-66-65(74)64(73)63(72)60(56-68)77-66)59(69)52-48-44-40-36-14-12-10-8-6-4-2/h6,8,11,13-14,16-17,20,22,36,48,52,58-60,63-66,68-69,72-74H,3-5,7,9-10,12,15,18-19,21,23-35,37-47,49-51,53-57H2,1-2H3,(H,67,70)/b8-6+,13-11-,17-16-,22-20-,36-14+,52-48+. The molecule has 0 aromatic carbocycles. The first-order valence-electron chi connectivity index (χ1n) is 31.7. The van der Waals surface area contributed by atoms with Crippen LogP contribution in [0, 0.1) is 0 Å². The molecule has 0 spiro atoms. The molecule has 1 heterocycles. The summed E-state index contributed by atoms with van der Waals surface area (Å²) in [5.74, 6) is -0.213. The van der Waals surface area contributed by atoms with Gasteiger partial charge in [-0.2, -0.15) is 0 Å². The van der Waals surface area contributed by atoms with Crippen LogP contribution in [-0.2, 0) is 23.8 Å². The summed E-state index contributed by atoms with van der Waals surface area (Å²) >= 11 is 0. The molecule has 6 N–H and O–H groups in total. The van der Waals surface area contributed by atoms with Gasteiger partial charge in [0.05, 0.1) is 32.0 Å². The molecule has 7 atom stereocenters. The second-order valence-electron chi connectivity index (χ2n) is 21.7. The Labute approximate surface area is 471 Å². The van der Waals surface area contributed by atoms with E-state index in [0.717, 1.165) is 89.9 Å². The van der Waals surface area contributed by atoms with Crippen LogP contribution in [-0.4, -0.2) is 100 Å². The minimum Gasteiger partial charge on any atom is -0.466 e. The lowest BCUT2D eigenvalue weighted by atomic mass is 9.99. The lowest BCUT2D eigenvalue weighted by Crippen LogP contribution is -2.60. The van der Waals surface area contributed by atoms with Crippen LogP contribution in [0.1, 0.15) is 271 Å². The van der Waals surface area contributed by atoms with Gasteiger partial charge in [0.25, 0.3) is 0 Å². The highest BCUT2D eigenvalue weighted by atomic mass is 16.7. The van der Waals surface area contributed by atoms with E-state index in [1.54, 1.807) is 6.08 Å². The van der Waals surface area contributed by atoms with Gasteiger partial charge in [-0.15, -0.1) is 0 Å². The predicted molar refractivity (Wildman–Crippen MR) is 319 cm³/mol. The van der Waals surface area contributed by atoms with Crippen LogP contribution in [0.4, 0.5) is 0 Å². The van der Waals surface area contributed by atoms with Gasteiger partial charge in [0.1, 0.15) is 24.4 Å². The number of carbonyl (C=O) groups excluding carboxylic acids is 2. The van der Waals surface area contributed by atoms with Gasteiger partial charge in [0.2, 0.25) is 5.91 Å². The zero-order chi connectivity index (χ0) is 55.9. The number of nitrogens with one attached hydrogen (secondary N) is 1. The van der Waals surface area contributed by atoms with Crippen LogP contribution in [0.2, 0.25) is 0 Å². The van der Waals surface area contributed by atoms with Crippen LogP contribution in [0.15, 0.2) is 72.9 Å². The van der Waals surface area contributed by atoms with Crippen LogP contribution >= 0.6 is 0 Å². The van der Waals surface area contributed by atoms with Crippen molar-refractivity contribution in [1.82, 2.24) is 5.32 Å². The molecule has 1 amide bonds. The molecular formula is C66H117NO10. The quantitative estimate of drug-likeness (QED) is 0.0195. The first-order chi connectivity index (χ1) is 37.7. The zero-order valence-electron chi connectivity index (χ0n) is 49.2. The molecule has 7 unspecified atom stereocenters. The van der Waals surface area contributed by atoms with Crippen molar-refractivity contribution in [2.75, 3.05) is 19.8 Å². The van der Waals surface area contributed by atoms with E-state index in [-0.39, 0.29) is 18.5 Å². The van der Waals surface area contributed by atoms with Crippen molar-refractivity contribution >= 4 is 11.9 Å². The average Bonchev–Trinajstić information content (AvgIpc) is 3.43. The lowest BCUT2D eigenvalue weighted by molar-refractivity contribution is -0.302. The molecule has 0 aromatic rings. The monoisotopic (exact) mass is 1080 g/mol. The van der Waals surface area contributed by atoms with Gasteiger partial charge in [-0.05, 0) is 109 Å². The van der Waals surface area contributed by atoms with Crippen molar-refractivity contribution in [3.8, 4) is 0 Å². The van der Waals surface area contributed by atoms with E-state index in [2.05, 4.69) is 79.9 Å². The molecule has 1 aliphatic heterocycles. The largest absolute Gasteiger partial charge is 0.466 e. The molecule has 0 aromatic heterocycles. The van der Waals surface area contributed by atoms with Crippen LogP contribution < -0.4 is 5.32 Å². The summed E-state index contributed by atoms with van der Waals surface area (Å²) in [6.45, 7) is 4.17. The van der Waals surface area contributed by atoms with E-state index >= 15 is 0 Å². The number of allylic oxidation sites excluding steroid dienone is 11. The van der Waals surface area contributed by atoms with Crippen molar-refractivity contribution in [2.45, 2.75) is 314 Å². The van der Waals surface area contributed by atoms with Crippen LogP contribution in [0.3, 0.4) is 0 Å². The lowest BCUT2D eigenvalue weighted by Gasteiger charge is -2.40. The summed E-state index contributed by atoms with van der Waals surface area (Å²) in [7, 11) is 0. The van der Waals surface area contributed by atoms with Gasteiger partial charge in [-0.25, -0.2) is 0 Å². The maximum Gasteiger partial charge on any atom is 0.305 e. The zero-order valence-corrected chi connectivity index (χ0v) is 49.2. The fraction of sp³-hybridized carbons (Fsp3) is 0.788. The Hall–Kier alpha value is -2.90. The molecule has 1 saturated heterocycles. The summed E-state index contributed by atoms with van der Waals surface area (Å²) in [6.07, 6.45) is 63.2. The molecule has 0 saturated carbocycles. The highest BCUT2D eigenvalue weighted by Gasteiger charge is 2.44. The predicted octanol–water partition coefficient (Wildman–Crippen LogP) is 15.2. The smallest absolute Gasteiger partial charge is 0.305 e. The van der Waals surface area contributed by atoms with Gasteiger partial charge in [0.15, 0.2) is 6.29 Å². The number of ether oxygens (including phenoxy) is 3. The van der Waals surface area contributed by atoms with E-state index in [1.165, 1.54) is 154 Å². The highest BCUT2D eigenvalue weighted by molar-refractivity contribution is 5.76. The highest BCUT2D eigenvalue weighted by Crippen LogP contribution is 2.23. The number of hydrogen-bond donors (Lipinski definition) is 6. The molecule has 11 heteroatoms. The third-order valence-electron chi connectivity index (χ3n) is 14.5. The van der Waals surface area contributed by atoms with Crippen molar-refractivity contribution in [2.24, 2.45) is 0 Å². The number of rotatable bonds is 54. The topological polar surface area (TPSA) is 175 Å². The molecule has 0 radical (unpaired) electrons. The van der Waals surface area contributed by atoms with Crippen molar-refractivity contribution in [3.05, 3.63) is 72.9 Å². The first-order valence-corrected chi connectivity index (χ1v) is 31.7. The van der Waals surface area contributed by atoms with Gasteiger partial charge in [0, 0.05) is 12.8 Å². The minimum atomic E-state index is -1.58. The molecule has 77 heavy (non-hydrogen) atoms. The second-order valence-corrected chi connectivity index (χ2v) is 21.7. The Morgan fingerprint density at radius 3 is 1.43 bits per heavy atom. The molecule has 0 bridgehead atoms. The van der Waals surface area contributed by atoms with E-state index in [1.807, 2.05) is 6.08 Å². The maximum absolute atomic E-state index is 13.0. The maximum atomic E-state index is 13.0. The molecule has 1 rings (SSSR count). The molecule has 11 nitrogen and oxygen atoms in total. The number of aliphatic hydroxyl groups excluding tert-OH is 5. The molecule has 1 fully saturated rings. The number of amides is 1. The Bertz CT molecular complexity index is 1510. The summed E-state index contributed by atoms with van der Waals surface area (Å²) in [5, 5.41) is 54.2. The van der Waals surface area contributed by atoms with E-state index in [9.17, 15) is 35.1 Å². The normalized spacial score (nSPS) is 19.1. The number of aliphatic hydroxyl groups is 5. The van der Waals surface area contributed by atoms with Crippen LogP contribution in [0.25, 0.3) is 0 Å². The van der Waals surface area contributed by atoms with E-state index in [4.69, 9.17) is 14.2 Å². The van der Waals surface area contributed by atoms with Gasteiger partial charge in [-0.3, -0.25) is 9.59 Å². The van der Waals surface area contributed by atoms with Crippen molar-refractivity contribution in [1.29, 1.82) is 0 Å². The van der Waals surface area contributed by atoms with Crippen molar-refractivity contribution < 1.29 is 49.3 Å².